The number of carbonyl (C=O) groups excluding carboxylic acids is 1. The van der Waals surface area contributed by atoms with E-state index in [0.29, 0.717) is 11.3 Å². The number of hydrogen-bond donors (Lipinski definition) is 0. The molecule has 0 spiro atoms. The Hall–Kier alpha value is -2.57. The van der Waals surface area contributed by atoms with Gasteiger partial charge in [0.15, 0.2) is 5.43 Å². The normalized spacial score (nSPS) is 11.4. The molecule has 4 nitrogen and oxygen atoms in total. The van der Waals surface area contributed by atoms with Crippen LogP contribution in [-0.2, 0) is 20.0 Å². The van der Waals surface area contributed by atoms with Gasteiger partial charge in [0.25, 0.3) is 0 Å². The maximum Gasteiger partial charge on any atom is 0.341 e. The Bertz CT molecular complexity index is 1050. The van der Waals surface area contributed by atoms with Crippen molar-refractivity contribution in [3.63, 3.8) is 0 Å². The van der Waals surface area contributed by atoms with Crippen molar-refractivity contribution in [2.45, 2.75) is 9.96 Å². The Morgan fingerprint density at radius 1 is 1.11 bits per heavy atom. The first-order valence-corrected chi connectivity index (χ1v) is 9.99. The van der Waals surface area contributed by atoms with E-state index in [1.807, 2.05) is 48.5 Å². The Morgan fingerprint density at radius 2 is 1.85 bits per heavy atom. The average Bonchev–Trinajstić information content (AvgIpc) is 2.70. The molecule has 0 aliphatic rings. The van der Waals surface area contributed by atoms with Gasteiger partial charge < -0.3 is 9.47 Å². The summed E-state index contributed by atoms with van der Waals surface area (Å²) in [6, 6.07) is 16.9. The monoisotopic (exact) mass is 398 g/mol. The number of carbonyl (C=O) groups is 1. The highest BCUT2D eigenvalue weighted by molar-refractivity contribution is 8.00. The number of rotatable bonds is 6. The van der Waals surface area contributed by atoms with Crippen molar-refractivity contribution in [2.24, 2.45) is 0 Å². The van der Waals surface area contributed by atoms with E-state index in [2.05, 4.69) is 0 Å². The fourth-order valence-corrected chi connectivity index (χ4v) is 4.89. The van der Waals surface area contributed by atoms with Gasteiger partial charge in [-0.05, 0) is 23.3 Å². The van der Waals surface area contributed by atoms with Gasteiger partial charge in [-0.25, -0.2) is 4.79 Å². The number of thioether (sulfide) groups is 1. The molecule has 0 saturated heterocycles. The number of fused-ring (bicyclic) bond motifs is 1. The second-order valence-electron chi connectivity index (χ2n) is 5.63. The lowest BCUT2D eigenvalue weighted by Gasteiger charge is -2.11. The molecule has 0 fully saturated rings. The molecule has 0 aliphatic carbocycles. The summed E-state index contributed by atoms with van der Waals surface area (Å²) in [4.78, 5) is 24.4. The second-order valence-corrected chi connectivity index (χ2v) is 7.99. The van der Waals surface area contributed by atoms with Crippen LogP contribution in [0.5, 0.6) is 0 Å². The Morgan fingerprint density at radius 3 is 2.63 bits per heavy atom. The van der Waals surface area contributed by atoms with E-state index < -0.39 is 5.97 Å². The number of methoxy groups -OCH3 is 2. The lowest BCUT2D eigenvalue weighted by Crippen LogP contribution is -2.06. The third-order valence-corrected chi connectivity index (χ3v) is 6.29. The van der Waals surface area contributed by atoms with E-state index >= 15 is 0 Å². The van der Waals surface area contributed by atoms with Crippen LogP contribution in [0.1, 0.15) is 11.1 Å². The molecule has 0 amide bonds. The van der Waals surface area contributed by atoms with Gasteiger partial charge in [0.05, 0.1) is 24.7 Å². The van der Waals surface area contributed by atoms with Crippen molar-refractivity contribution in [3.8, 4) is 0 Å². The fourth-order valence-electron chi connectivity index (χ4n) is 2.66. The van der Waals surface area contributed by atoms with E-state index in [9.17, 15) is 9.59 Å². The van der Waals surface area contributed by atoms with Crippen molar-refractivity contribution >= 4 is 44.7 Å². The third-order valence-electron chi connectivity index (χ3n) is 3.93. The van der Waals surface area contributed by atoms with Crippen LogP contribution in [0, 0.1) is 0 Å². The van der Waals surface area contributed by atoms with Gasteiger partial charge in [0.1, 0.15) is 5.57 Å². The summed E-state index contributed by atoms with van der Waals surface area (Å²) in [6.07, 6.45) is 1.39. The average molecular weight is 399 g/mol. The molecule has 0 radical (unpaired) electrons. The van der Waals surface area contributed by atoms with E-state index in [-0.39, 0.29) is 5.43 Å². The highest BCUT2D eigenvalue weighted by atomic mass is 32.2. The molecular weight excluding hydrogens is 380 g/mol. The molecule has 0 aliphatic heterocycles. The zero-order chi connectivity index (χ0) is 19.2. The number of benzene rings is 2. The van der Waals surface area contributed by atoms with Gasteiger partial charge in [-0.2, -0.15) is 0 Å². The van der Waals surface area contributed by atoms with Gasteiger partial charge in [-0.15, -0.1) is 23.1 Å². The third kappa shape index (κ3) is 4.40. The van der Waals surface area contributed by atoms with Crippen LogP contribution in [0.15, 0.2) is 69.9 Å². The number of hydrogen-bond acceptors (Lipinski definition) is 6. The molecule has 2 aromatic carbocycles. The smallest absolute Gasteiger partial charge is 0.341 e. The van der Waals surface area contributed by atoms with Crippen molar-refractivity contribution in [3.05, 3.63) is 82.2 Å². The molecule has 138 valence electrons. The lowest BCUT2D eigenvalue weighted by atomic mass is 10.0. The van der Waals surface area contributed by atoms with Gasteiger partial charge in [-0.1, -0.05) is 36.4 Å². The van der Waals surface area contributed by atoms with Crippen LogP contribution in [0.2, 0.25) is 0 Å². The molecule has 1 heterocycles. The molecule has 27 heavy (non-hydrogen) atoms. The minimum absolute atomic E-state index is 0.0228. The van der Waals surface area contributed by atoms with E-state index in [4.69, 9.17) is 9.47 Å². The van der Waals surface area contributed by atoms with Gasteiger partial charge in [0.2, 0.25) is 0 Å². The Balaban J connectivity index is 1.90. The van der Waals surface area contributed by atoms with Gasteiger partial charge in [-0.3, -0.25) is 4.79 Å². The SMILES string of the molecule is CO/C=C(/C(=O)OC)c1ccccc1CSc1cc(=O)c2ccccc2s1. The lowest BCUT2D eigenvalue weighted by molar-refractivity contribution is -0.133. The highest BCUT2D eigenvalue weighted by Crippen LogP contribution is 2.32. The van der Waals surface area contributed by atoms with E-state index in [1.54, 1.807) is 29.2 Å². The van der Waals surface area contributed by atoms with Crippen LogP contribution in [0.25, 0.3) is 15.7 Å². The topological polar surface area (TPSA) is 52.6 Å². The Labute approximate surface area is 165 Å². The summed E-state index contributed by atoms with van der Waals surface area (Å²) in [5.74, 6) is 0.160. The first-order chi connectivity index (χ1) is 13.1. The summed E-state index contributed by atoms with van der Waals surface area (Å²) in [7, 11) is 2.84. The summed E-state index contributed by atoms with van der Waals surface area (Å²) in [5.41, 5.74) is 2.11. The van der Waals surface area contributed by atoms with Crippen molar-refractivity contribution < 1.29 is 14.3 Å². The van der Waals surface area contributed by atoms with E-state index in [0.717, 1.165) is 25.4 Å². The number of ether oxygens (including phenoxy) is 2. The fraction of sp³-hybridized carbons (Fsp3) is 0.143. The summed E-state index contributed by atoms with van der Waals surface area (Å²) in [6.45, 7) is 0. The number of esters is 1. The second kappa shape index (κ2) is 8.88. The molecule has 6 heteroatoms. The maximum atomic E-state index is 12.3. The molecule has 3 rings (SSSR count). The minimum atomic E-state index is -0.454. The van der Waals surface area contributed by atoms with Crippen molar-refractivity contribution in [1.82, 2.24) is 0 Å². The summed E-state index contributed by atoms with van der Waals surface area (Å²) in [5, 5.41) is 0.739. The van der Waals surface area contributed by atoms with Gasteiger partial charge >= 0.3 is 5.97 Å². The molecule has 1 aromatic heterocycles. The van der Waals surface area contributed by atoms with Crippen molar-refractivity contribution in [1.29, 1.82) is 0 Å². The maximum absolute atomic E-state index is 12.3. The van der Waals surface area contributed by atoms with Gasteiger partial charge in [0, 0.05) is 21.9 Å². The Kier molecular flexibility index (Phi) is 6.32. The molecule has 0 unspecified atom stereocenters. The predicted octanol–water partition coefficient (Wildman–Crippen LogP) is 4.71. The largest absolute Gasteiger partial charge is 0.503 e. The predicted molar refractivity (Wildman–Crippen MR) is 111 cm³/mol. The highest BCUT2D eigenvalue weighted by Gasteiger charge is 2.17. The molecular formula is C21H18O4S2. The van der Waals surface area contributed by atoms with Crippen molar-refractivity contribution in [2.75, 3.05) is 14.2 Å². The van der Waals surface area contributed by atoms with Crippen LogP contribution >= 0.6 is 23.1 Å². The first-order valence-electron chi connectivity index (χ1n) is 8.19. The summed E-state index contributed by atoms with van der Waals surface area (Å²) < 4.78 is 11.8. The van der Waals surface area contributed by atoms with Crippen LogP contribution in [-0.4, -0.2) is 20.2 Å². The van der Waals surface area contributed by atoms with E-state index in [1.165, 1.54) is 20.5 Å². The van der Waals surface area contributed by atoms with Crippen LogP contribution in [0.3, 0.4) is 0 Å². The molecule has 0 saturated carbocycles. The quantitative estimate of drug-likeness (QED) is 0.260. The summed E-state index contributed by atoms with van der Waals surface area (Å²) >= 11 is 3.16. The zero-order valence-electron chi connectivity index (χ0n) is 14.9. The van der Waals surface area contributed by atoms with Crippen LogP contribution < -0.4 is 5.43 Å². The minimum Gasteiger partial charge on any atom is -0.503 e. The molecule has 0 N–H and O–H groups in total. The van der Waals surface area contributed by atoms with Crippen LogP contribution in [0.4, 0.5) is 0 Å². The molecule has 3 aromatic rings. The molecule has 0 bridgehead atoms. The molecule has 0 atom stereocenters. The first kappa shape index (κ1) is 19.2. The zero-order valence-corrected chi connectivity index (χ0v) is 16.6. The standard InChI is InChI=1S/C21H18O4S2/c1-24-12-17(21(23)25-2)15-8-4-3-7-14(15)13-26-20-11-18(22)16-9-5-6-10-19(16)27-20/h3-12H,13H2,1-2H3/b17-12+.